The molecule has 3 aromatic carbocycles. The monoisotopic (exact) mass is 432 g/mol. The normalized spacial score (nSPS) is 20.9. The number of fused-ring (bicyclic) bond motifs is 1. The third-order valence-corrected chi connectivity index (χ3v) is 6.80. The lowest BCUT2D eigenvalue weighted by Crippen LogP contribution is -2.37. The summed E-state index contributed by atoms with van der Waals surface area (Å²) < 4.78 is 27.3. The van der Waals surface area contributed by atoms with Gasteiger partial charge in [0.2, 0.25) is 0 Å². The van der Waals surface area contributed by atoms with Gasteiger partial charge in [0.15, 0.2) is 0 Å². The second kappa shape index (κ2) is 8.83. The Morgan fingerprint density at radius 3 is 2.44 bits per heavy atom. The summed E-state index contributed by atoms with van der Waals surface area (Å²) in [5.41, 5.74) is 4.18. The van der Waals surface area contributed by atoms with Gasteiger partial charge in [0.1, 0.15) is 11.6 Å². The summed E-state index contributed by atoms with van der Waals surface area (Å²) in [4.78, 5) is 17.4. The van der Waals surface area contributed by atoms with Gasteiger partial charge in [-0.25, -0.2) is 8.78 Å². The van der Waals surface area contributed by atoms with Gasteiger partial charge in [0.05, 0.1) is 0 Å². The largest absolute Gasteiger partial charge is 0.338 e. The molecule has 5 heteroatoms. The minimum absolute atomic E-state index is 0.0623. The Labute approximate surface area is 187 Å². The molecule has 2 atom stereocenters. The minimum atomic E-state index is -0.358. The molecule has 3 nitrogen and oxygen atoms in total. The molecule has 1 fully saturated rings. The van der Waals surface area contributed by atoms with E-state index in [4.69, 9.17) is 0 Å². The van der Waals surface area contributed by atoms with Crippen molar-refractivity contribution in [3.05, 3.63) is 107 Å². The van der Waals surface area contributed by atoms with Crippen LogP contribution in [0.4, 0.5) is 8.78 Å². The summed E-state index contributed by atoms with van der Waals surface area (Å²) in [6, 6.07) is 21.0. The molecular formula is C27H26F2N2O. The van der Waals surface area contributed by atoms with E-state index < -0.39 is 0 Å². The third kappa shape index (κ3) is 4.30. The zero-order valence-corrected chi connectivity index (χ0v) is 17.9. The lowest BCUT2D eigenvalue weighted by molar-refractivity contribution is 0.0782. The number of rotatable bonds is 4. The number of likely N-dealkylation sites (tertiary alicyclic amines) is 1. The highest BCUT2D eigenvalue weighted by molar-refractivity contribution is 5.94. The zero-order chi connectivity index (χ0) is 22.1. The number of carbonyl (C=O) groups excluding carboxylic acids is 1. The van der Waals surface area contributed by atoms with Crippen LogP contribution in [0.25, 0.3) is 0 Å². The summed E-state index contributed by atoms with van der Waals surface area (Å²) in [5.74, 6) is -0.447. The van der Waals surface area contributed by atoms with Crippen LogP contribution in [0.5, 0.6) is 0 Å². The minimum Gasteiger partial charge on any atom is -0.338 e. The van der Waals surface area contributed by atoms with Crippen LogP contribution < -0.4 is 0 Å². The molecule has 1 saturated heterocycles. The van der Waals surface area contributed by atoms with Gasteiger partial charge in [0.25, 0.3) is 5.91 Å². The Kier molecular flexibility index (Phi) is 5.75. The fraction of sp³-hybridized carbons (Fsp3) is 0.296. The quantitative estimate of drug-likeness (QED) is 0.587. The average Bonchev–Trinajstić information content (AvgIpc) is 3.23. The van der Waals surface area contributed by atoms with Crippen LogP contribution in [0, 0.1) is 17.6 Å². The molecule has 32 heavy (non-hydrogen) atoms. The first-order valence-corrected chi connectivity index (χ1v) is 11.2. The van der Waals surface area contributed by atoms with E-state index >= 15 is 0 Å². The van der Waals surface area contributed by atoms with Crippen molar-refractivity contribution in [1.82, 2.24) is 9.80 Å². The van der Waals surface area contributed by atoms with Crippen molar-refractivity contribution in [1.29, 1.82) is 0 Å². The van der Waals surface area contributed by atoms with E-state index in [0.717, 1.165) is 31.6 Å². The molecule has 164 valence electrons. The summed E-state index contributed by atoms with van der Waals surface area (Å²) >= 11 is 0. The van der Waals surface area contributed by atoms with Crippen molar-refractivity contribution in [3.63, 3.8) is 0 Å². The van der Waals surface area contributed by atoms with Gasteiger partial charge < -0.3 is 4.90 Å². The SMILES string of the molecule is O=C(c1ccc(F)cc1)N1C[C@H](CN2CCc3ccccc3C2)[C@H](c2cccc(F)c2)C1. The standard InChI is InChI=1S/C27H26F2N2O/c28-24-10-8-20(9-11-24)27(32)31-17-23(26(18-31)21-6-3-7-25(29)14-21)16-30-13-12-19-4-1-2-5-22(19)15-30/h1-11,14,23,26H,12-13,15-18H2/t23-,26-/m0/s1. The molecule has 2 aliphatic rings. The third-order valence-electron chi connectivity index (χ3n) is 6.80. The van der Waals surface area contributed by atoms with E-state index in [2.05, 4.69) is 29.2 Å². The highest BCUT2D eigenvalue weighted by atomic mass is 19.1. The molecule has 0 saturated carbocycles. The number of carbonyl (C=O) groups is 1. The molecule has 1 amide bonds. The number of benzene rings is 3. The van der Waals surface area contributed by atoms with Crippen molar-refractivity contribution in [3.8, 4) is 0 Å². The first-order valence-electron chi connectivity index (χ1n) is 11.2. The Hall–Kier alpha value is -3.05. The number of nitrogens with zero attached hydrogens (tertiary/aromatic N) is 2. The lowest BCUT2D eigenvalue weighted by atomic mass is 9.88. The van der Waals surface area contributed by atoms with Gasteiger partial charge in [-0.3, -0.25) is 9.69 Å². The molecule has 0 radical (unpaired) electrons. The van der Waals surface area contributed by atoms with Crippen LogP contribution in [-0.4, -0.2) is 41.9 Å². The molecule has 3 aromatic rings. The van der Waals surface area contributed by atoms with Gasteiger partial charge >= 0.3 is 0 Å². The van der Waals surface area contributed by atoms with Crippen molar-refractivity contribution >= 4 is 5.91 Å². The van der Waals surface area contributed by atoms with Gasteiger partial charge in [0, 0.05) is 44.2 Å². The molecule has 0 spiro atoms. The maximum atomic E-state index is 14.0. The topological polar surface area (TPSA) is 23.6 Å². The summed E-state index contributed by atoms with van der Waals surface area (Å²) in [5, 5.41) is 0. The van der Waals surface area contributed by atoms with E-state index in [9.17, 15) is 13.6 Å². The first kappa shape index (κ1) is 20.8. The van der Waals surface area contributed by atoms with Crippen LogP contribution in [0.15, 0.2) is 72.8 Å². The van der Waals surface area contributed by atoms with Crippen molar-refractivity contribution in [2.75, 3.05) is 26.2 Å². The van der Waals surface area contributed by atoms with Gasteiger partial charge in [-0.05, 0) is 65.4 Å². The molecular weight excluding hydrogens is 406 g/mol. The van der Waals surface area contributed by atoms with Crippen molar-refractivity contribution in [2.45, 2.75) is 18.9 Å². The number of amides is 1. The average molecular weight is 433 g/mol. The molecule has 0 N–H and O–H groups in total. The molecule has 2 heterocycles. The maximum absolute atomic E-state index is 14.0. The number of hydrogen-bond acceptors (Lipinski definition) is 2. The van der Waals surface area contributed by atoms with Crippen LogP contribution >= 0.6 is 0 Å². The molecule has 0 aromatic heterocycles. The second-order valence-electron chi connectivity index (χ2n) is 8.89. The number of hydrogen-bond donors (Lipinski definition) is 0. The van der Waals surface area contributed by atoms with Crippen LogP contribution in [0.2, 0.25) is 0 Å². The van der Waals surface area contributed by atoms with Crippen molar-refractivity contribution < 1.29 is 13.6 Å². The first-order chi connectivity index (χ1) is 15.6. The summed E-state index contributed by atoms with van der Waals surface area (Å²) in [7, 11) is 0. The Bertz CT molecular complexity index is 1110. The van der Waals surface area contributed by atoms with E-state index in [-0.39, 0.29) is 29.4 Å². The smallest absolute Gasteiger partial charge is 0.253 e. The predicted molar refractivity (Wildman–Crippen MR) is 120 cm³/mol. The molecule has 2 aliphatic heterocycles. The van der Waals surface area contributed by atoms with Gasteiger partial charge in [-0.1, -0.05) is 36.4 Å². The van der Waals surface area contributed by atoms with E-state index in [1.54, 1.807) is 12.1 Å². The van der Waals surface area contributed by atoms with Crippen molar-refractivity contribution in [2.24, 2.45) is 5.92 Å². The highest BCUT2D eigenvalue weighted by Gasteiger charge is 2.37. The van der Waals surface area contributed by atoms with Crippen LogP contribution in [0.1, 0.15) is 33.0 Å². The Balaban J connectivity index is 1.37. The van der Waals surface area contributed by atoms with Gasteiger partial charge in [-0.2, -0.15) is 0 Å². The van der Waals surface area contributed by atoms with Gasteiger partial charge in [-0.15, -0.1) is 0 Å². The number of halogens is 2. The summed E-state index contributed by atoms with van der Waals surface area (Å²) in [6.45, 7) is 3.87. The maximum Gasteiger partial charge on any atom is 0.253 e. The molecule has 0 aliphatic carbocycles. The molecule has 0 bridgehead atoms. The fourth-order valence-corrected chi connectivity index (χ4v) is 5.15. The van der Waals surface area contributed by atoms with E-state index in [0.29, 0.717) is 18.7 Å². The summed E-state index contributed by atoms with van der Waals surface area (Å²) in [6.07, 6.45) is 1.02. The highest BCUT2D eigenvalue weighted by Crippen LogP contribution is 2.35. The molecule has 5 rings (SSSR count). The molecule has 0 unspecified atom stereocenters. The Morgan fingerprint density at radius 1 is 0.875 bits per heavy atom. The second-order valence-corrected chi connectivity index (χ2v) is 8.89. The Morgan fingerprint density at radius 2 is 1.66 bits per heavy atom. The fourth-order valence-electron chi connectivity index (χ4n) is 5.15. The zero-order valence-electron chi connectivity index (χ0n) is 17.9. The lowest BCUT2D eigenvalue weighted by Gasteiger charge is -2.32. The van der Waals surface area contributed by atoms with Crippen LogP contribution in [0.3, 0.4) is 0 Å². The van der Waals surface area contributed by atoms with E-state index in [1.165, 1.54) is 41.5 Å². The van der Waals surface area contributed by atoms with E-state index in [1.807, 2.05) is 11.0 Å². The predicted octanol–water partition coefficient (Wildman–Crippen LogP) is 4.88. The van der Waals surface area contributed by atoms with Crippen LogP contribution in [-0.2, 0) is 13.0 Å².